The van der Waals surface area contributed by atoms with Gasteiger partial charge in [0, 0.05) is 30.9 Å². The molecule has 2 rings (SSSR count). The fourth-order valence-electron chi connectivity index (χ4n) is 1.99. The first-order valence-corrected chi connectivity index (χ1v) is 8.86. The summed E-state index contributed by atoms with van der Waals surface area (Å²) in [5, 5.41) is 8.80. The number of guanidine groups is 1. The molecule has 0 saturated heterocycles. The van der Waals surface area contributed by atoms with Gasteiger partial charge in [-0.25, -0.2) is 4.98 Å². The van der Waals surface area contributed by atoms with Crippen LogP contribution >= 0.6 is 46.7 Å². The Morgan fingerprint density at radius 3 is 2.82 bits per heavy atom. The van der Waals surface area contributed by atoms with Gasteiger partial charge in [-0.3, -0.25) is 4.99 Å². The zero-order chi connectivity index (χ0) is 15.1. The van der Waals surface area contributed by atoms with Crippen LogP contribution in [0.25, 0.3) is 0 Å². The zero-order valence-electron chi connectivity index (χ0n) is 13.2. The number of aliphatic imine (C=N–C) groups is 1. The molecule has 0 radical (unpaired) electrons. The van der Waals surface area contributed by atoms with Crippen LogP contribution in [0.4, 0.5) is 0 Å². The van der Waals surface area contributed by atoms with E-state index in [2.05, 4.69) is 57.1 Å². The topological polar surface area (TPSA) is 40.5 Å². The fourth-order valence-corrected chi connectivity index (χ4v) is 3.43. The first kappa shape index (κ1) is 19.4. The van der Waals surface area contributed by atoms with Crippen LogP contribution in [0.5, 0.6) is 0 Å². The predicted molar refractivity (Wildman–Crippen MR) is 108 cm³/mol. The van der Waals surface area contributed by atoms with Crippen molar-refractivity contribution in [3.8, 4) is 0 Å². The highest BCUT2D eigenvalue weighted by Crippen LogP contribution is 2.11. The van der Waals surface area contributed by atoms with E-state index >= 15 is 0 Å². The second-order valence-corrected chi connectivity index (χ2v) is 6.71. The molecule has 7 heteroatoms. The van der Waals surface area contributed by atoms with Gasteiger partial charge >= 0.3 is 0 Å². The molecule has 0 aliphatic heterocycles. The summed E-state index contributed by atoms with van der Waals surface area (Å²) in [5.74, 6) is 0.914. The van der Waals surface area contributed by atoms with Crippen LogP contribution in [0.2, 0.25) is 0 Å². The highest BCUT2D eigenvalue weighted by atomic mass is 127. The Balaban J connectivity index is 0.00000242. The van der Waals surface area contributed by atoms with Gasteiger partial charge in [0.15, 0.2) is 5.96 Å². The van der Waals surface area contributed by atoms with Crippen molar-refractivity contribution in [3.63, 3.8) is 0 Å². The Bertz CT molecular complexity index is 566. The quantitative estimate of drug-likeness (QED) is 0.415. The summed E-state index contributed by atoms with van der Waals surface area (Å²) >= 11 is 3.53. The average Bonchev–Trinajstić information content (AvgIpc) is 3.17. The van der Waals surface area contributed by atoms with E-state index in [-0.39, 0.29) is 24.0 Å². The molecular formula is C15H23IN4S2. The van der Waals surface area contributed by atoms with Crippen molar-refractivity contribution in [1.82, 2.24) is 15.2 Å². The minimum absolute atomic E-state index is 0. The van der Waals surface area contributed by atoms with Crippen molar-refractivity contribution in [1.29, 1.82) is 0 Å². The maximum absolute atomic E-state index is 4.57. The summed E-state index contributed by atoms with van der Waals surface area (Å²) in [6.07, 6.45) is 2.05. The van der Waals surface area contributed by atoms with Crippen molar-refractivity contribution in [2.24, 2.45) is 4.99 Å². The number of halogens is 1. The molecule has 0 fully saturated rings. The van der Waals surface area contributed by atoms with Crippen LogP contribution in [-0.2, 0) is 19.4 Å². The number of rotatable bonds is 6. The van der Waals surface area contributed by atoms with Crippen LogP contribution in [0.3, 0.4) is 0 Å². The molecule has 0 spiro atoms. The molecule has 0 atom stereocenters. The Morgan fingerprint density at radius 2 is 2.23 bits per heavy atom. The van der Waals surface area contributed by atoms with Crippen molar-refractivity contribution >= 4 is 52.6 Å². The minimum atomic E-state index is 0. The molecule has 122 valence electrons. The summed E-state index contributed by atoms with van der Waals surface area (Å²) in [7, 11) is 3.89. The first-order chi connectivity index (χ1) is 10.2. The summed E-state index contributed by atoms with van der Waals surface area (Å²) in [4.78, 5) is 12.5. The van der Waals surface area contributed by atoms with Gasteiger partial charge in [0.25, 0.3) is 0 Å². The lowest BCUT2D eigenvalue weighted by atomic mass is 10.3. The van der Waals surface area contributed by atoms with Crippen LogP contribution in [0.1, 0.15) is 22.5 Å². The molecule has 0 amide bonds. The van der Waals surface area contributed by atoms with Crippen molar-refractivity contribution in [2.45, 2.75) is 26.3 Å². The number of likely N-dealkylation sites (N-methyl/N-ethyl adjacent to an activating group) is 1. The second-order valence-electron chi connectivity index (χ2n) is 4.74. The van der Waals surface area contributed by atoms with Crippen LogP contribution < -0.4 is 5.32 Å². The number of thiazole rings is 1. The normalized spacial score (nSPS) is 11.1. The summed E-state index contributed by atoms with van der Waals surface area (Å²) in [6.45, 7) is 3.82. The van der Waals surface area contributed by atoms with Gasteiger partial charge in [0.05, 0.1) is 17.2 Å². The molecule has 2 aromatic rings. The predicted octanol–water partition coefficient (Wildman–Crippen LogP) is 3.63. The summed E-state index contributed by atoms with van der Waals surface area (Å²) < 4.78 is 0. The summed E-state index contributed by atoms with van der Waals surface area (Å²) in [6, 6.07) is 4.27. The molecule has 0 unspecified atom stereocenters. The number of thiophene rings is 1. The molecular weight excluding hydrogens is 427 g/mol. The average molecular weight is 450 g/mol. The van der Waals surface area contributed by atoms with E-state index in [0.29, 0.717) is 0 Å². The third kappa shape index (κ3) is 5.85. The van der Waals surface area contributed by atoms with Crippen LogP contribution in [-0.4, -0.2) is 36.5 Å². The highest BCUT2D eigenvalue weighted by Gasteiger charge is 2.07. The number of aryl methyl sites for hydroxylation is 1. The number of hydrogen-bond donors (Lipinski definition) is 1. The Labute approximate surface area is 157 Å². The number of nitrogens with zero attached hydrogens (tertiary/aromatic N) is 3. The standard InChI is InChI=1S/C15H22N4S2.HI/c1-4-14-18-12(11-21-14)10-17-15(16-2)19(3)8-7-13-6-5-9-20-13;/h5-6,9,11H,4,7-8,10H2,1-3H3,(H,16,17);1H. The van der Waals surface area contributed by atoms with Gasteiger partial charge in [-0.1, -0.05) is 13.0 Å². The van der Waals surface area contributed by atoms with Crippen molar-refractivity contribution in [2.75, 3.05) is 20.6 Å². The molecule has 0 aliphatic carbocycles. The van der Waals surface area contributed by atoms with E-state index in [1.165, 1.54) is 9.88 Å². The summed E-state index contributed by atoms with van der Waals surface area (Å²) in [5.41, 5.74) is 1.09. The van der Waals surface area contributed by atoms with Crippen molar-refractivity contribution < 1.29 is 0 Å². The third-order valence-corrected chi connectivity index (χ3v) is 5.15. The molecule has 1 N–H and O–H groups in total. The van der Waals surface area contributed by atoms with E-state index in [9.17, 15) is 0 Å². The van der Waals surface area contributed by atoms with Gasteiger partial charge in [0.1, 0.15) is 0 Å². The second kappa shape index (κ2) is 10.2. The molecule has 0 saturated carbocycles. The number of nitrogens with one attached hydrogen (secondary N) is 1. The monoisotopic (exact) mass is 450 g/mol. The lowest BCUT2D eigenvalue weighted by Gasteiger charge is -2.21. The number of aromatic nitrogens is 1. The molecule has 0 aromatic carbocycles. The van der Waals surface area contributed by atoms with Gasteiger partial charge in [-0.15, -0.1) is 46.7 Å². The lowest BCUT2D eigenvalue weighted by molar-refractivity contribution is 0.486. The SMILES string of the molecule is CCc1nc(CNC(=NC)N(C)CCc2cccs2)cs1.I. The largest absolute Gasteiger partial charge is 0.351 e. The molecule has 2 heterocycles. The highest BCUT2D eigenvalue weighted by molar-refractivity contribution is 14.0. The van der Waals surface area contributed by atoms with E-state index in [4.69, 9.17) is 0 Å². The van der Waals surface area contributed by atoms with Gasteiger partial charge in [0.2, 0.25) is 0 Å². The lowest BCUT2D eigenvalue weighted by Crippen LogP contribution is -2.39. The van der Waals surface area contributed by atoms with Crippen molar-refractivity contribution in [3.05, 3.63) is 38.5 Å². The van der Waals surface area contributed by atoms with Gasteiger partial charge in [-0.05, 0) is 24.3 Å². The minimum Gasteiger partial charge on any atom is -0.351 e. The maximum Gasteiger partial charge on any atom is 0.193 e. The Morgan fingerprint density at radius 1 is 1.41 bits per heavy atom. The maximum atomic E-state index is 4.57. The smallest absolute Gasteiger partial charge is 0.193 e. The van der Waals surface area contributed by atoms with E-state index in [0.717, 1.165) is 37.6 Å². The number of hydrogen-bond acceptors (Lipinski definition) is 4. The van der Waals surface area contributed by atoms with E-state index in [1.807, 2.05) is 7.05 Å². The van der Waals surface area contributed by atoms with Gasteiger partial charge in [-0.2, -0.15) is 0 Å². The van der Waals surface area contributed by atoms with Crippen LogP contribution in [0.15, 0.2) is 27.9 Å². The molecule has 4 nitrogen and oxygen atoms in total. The first-order valence-electron chi connectivity index (χ1n) is 7.10. The van der Waals surface area contributed by atoms with Gasteiger partial charge < -0.3 is 10.2 Å². The Kier molecular flexibility index (Phi) is 8.96. The van der Waals surface area contributed by atoms with E-state index < -0.39 is 0 Å². The zero-order valence-corrected chi connectivity index (χ0v) is 17.2. The molecule has 0 bridgehead atoms. The third-order valence-electron chi connectivity index (χ3n) is 3.18. The van der Waals surface area contributed by atoms with Crippen LogP contribution in [0, 0.1) is 0 Å². The fraction of sp³-hybridized carbons (Fsp3) is 0.467. The molecule has 22 heavy (non-hydrogen) atoms. The molecule has 0 aliphatic rings. The Hall–Kier alpha value is -0.670. The van der Waals surface area contributed by atoms with E-state index in [1.54, 1.807) is 22.7 Å². The molecule has 2 aromatic heterocycles.